The Labute approximate surface area is 167 Å². The summed E-state index contributed by atoms with van der Waals surface area (Å²) < 4.78 is 39.2. The summed E-state index contributed by atoms with van der Waals surface area (Å²) in [5.74, 6) is -0.325. The number of H-pyrrole nitrogens is 1. The summed E-state index contributed by atoms with van der Waals surface area (Å²) in [6, 6.07) is 10.4. The van der Waals surface area contributed by atoms with E-state index in [1.54, 1.807) is 6.07 Å². The van der Waals surface area contributed by atoms with Crippen molar-refractivity contribution < 1.29 is 18.0 Å². The molecule has 0 aliphatic carbocycles. The normalized spacial score (nSPS) is 11.4. The van der Waals surface area contributed by atoms with Gasteiger partial charge in [0.15, 0.2) is 11.2 Å². The van der Waals surface area contributed by atoms with Crippen LogP contribution < -0.4 is 10.7 Å². The zero-order valence-electron chi connectivity index (χ0n) is 15.2. The van der Waals surface area contributed by atoms with Gasteiger partial charge in [0.05, 0.1) is 22.8 Å². The number of pyridine rings is 1. The number of rotatable bonds is 3. The summed E-state index contributed by atoms with van der Waals surface area (Å²) in [5.41, 5.74) is -0.575. The topological polar surface area (TPSA) is 87.7 Å². The number of benzene rings is 2. The van der Waals surface area contributed by atoms with Crippen molar-refractivity contribution in [3.05, 3.63) is 88.5 Å². The summed E-state index contributed by atoms with van der Waals surface area (Å²) in [7, 11) is 0. The Balaban J connectivity index is 1.83. The van der Waals surface area contributed by atoms with Crippen LogP contribution in [0.1, 0.15) is 15.9 Å². The fourth-order valence-corrected chi connectivity index (χ4v) is 3.03. The molecular formula is C21H13F3N4O2. The summed E-state index contributed by atoms with van der Waals surface area (Å²) >= 11 is 0. The molecule has 6 nitrogen and oxygen atoms in total. The SMILES string of the molecule is O=C(Nc1cnccn1)c1cccc2c(=O)cc(-c3cccc(C(F)(F)F)c3)[nH]c12. The number of para-hydroxylation sites is 1. The van der Waals surface area contributed by atoms with Crippen LogP contribution >= 0.6 is 0 Å². The van der Waals surface area contributed by atoms with Crippen LogP contribution in [0, 0.1) is 0 Å². The first-order chi connectivity index (χ1) is 14.3. The van der Waals surface area contributed by atoms with E-state index in [-0.39, 0.29) is 33.5 Å². The molecule has 0 saturated heterocycles. The van der Waals surface area contributed by atoms with Gasteiger partial charge in [0.2, 0.25) is 0 Å². The predicted molar refractivity (Wildman–Crippen MR) is 105 cm³/mol. The molecule has 9 heteroatoms. The molecule has 2 aromatic carbocycles. The highest BCUT2D eigenvalue weighted by Crippen LogP contribution is 2.32. The zero-order chi connectivity index (χ0) is 21.3. The monoisotopic (exact) mass is 410 g/mol. The van der Waals surface area contributed by atoms with Gasteiger partial charge in [-0.15, -0.1) is 0 Å². The molecule has 2 heterocycles. The average Bonchev–Trinajstić information content (AvgIpc) is 2.73. The highest BCUT2D eigenvalue weighted by atomic mass is 19.4. The van der Waals surface area contributed by atoms with E-state index in [9.17, 15) is 22.8 Å². The van der Waals surface area contributed by atoms with Gasteiger partial charge in [0.1, 0.15) is 0 Å². The van der Waals surface area contributed by atoms with Gasteiger partial charge in [-0.1, -0.05) is 18.2 Å². The van der Waals surface area contributed by atoms with Crippen LogP contribution in [0.2, 0.25) is 0 Å². The molecule has 0 atom stereocenters. The molecule has 0 fully saturated rings. The second-order valence-electron chi connectivity index (χ2n) is 6.40. The summed E-state index contributed by atoms with van der Waals surface area (Å²) in [4.78, 5) is 36.1. The van der Waals surface area contributed by atoms with E-state index < -0.39 is 23.1 Å². The van der Waals surface area contributed by atoms with Crippen LogP contribution in [0.4, 0.5) is 19.0 Å². The Kier molecular flexibility index (Phi) is 4.78. The predicted octanol–water partition coefficient (Wildman–Crippen LogP) is 4.26. The average molecular weight is 410 g/mol. The Bertz CT molecular complexity index is 1300. The Hall–Kier alpha value is -4.01. The van der Waals surface area contributed by atoms with Gasteiger partial charge in [0, 0.05) is 29.5 Å². The fourth-order valence-electron chi connectivity index (χ4n) is 3.03. The standard InChI is InChI=1S/C21H13F3N4O2/c22-21(23,24)13-4-1-3-12(9-13)16-10-17(29)14-5-2-6-15(19(14)27-16)20(30)28-18-11-25-7-8-26-18/h1-11H,(H,27,29)(H,26,28,30). The number of aromatic nitrogens is 3. The molecule has 30 heavy (non-hydrogen) atoms. The lowest BCUT2D eigenvalue weighted by Gasteiger charge is -2.11. The van der Waals surface area contributed by atoms with Gasteiger partial charge in [-0.25, -0.2) is 4.98 Å². The summed E-state index contributed by atoms with van der Waals surface area (Å²) in [6.45, 7) is 0. The molecule has 2 N–H and O–H groups in total. The van der Waals surface area contributed by atoms with E-state index in [2.05, 4.69) is 20.3 Å². The van der Waals surface area contributed by atoms with Gasteiger partial charge in [-0.05, 0) is 29.8 Å². The molecule has 0 aliphatic heterocycles. The minimum Gasteiger partial charge on any atom is -0.354 e. The molecule has 2 aromatic heterocycles. The van der Waals surface area contributed by atoms with Crippen LogP contribution in [0.5, 0.6) is 0 Å². The van der Waals surface area contributed by atoms with Crippen molar-refractivity contribution in [2.75, 3.05) is 5.32 Å². The van der Waals surface area contributed by atoms with Crippen molar-refractivity contribution in [1.29, 1.82) is 0 Å². The Morgan fingerprint density at radius 1 is 1.03 bits per heavy atom. The Morgan fingerprint density at radius 2 is 1.83 bits per heavy atom. The van der Waals surface area contributed by atoms with Crippen LogP contribution in [0.25, 0.3) is 22.2 Å². The van der Waals surface area contributed by atoms with E-state index in [1.807, 2.05) is 0 Å². The second-order valence-corrected chi connectivity index (χ2v) is 6.40. The van der Waals surface area contributed by atoms with Crippen molar-refractivity contribution in [3.8, 4) is 11.3 Å². The van der Waals surface area contributed by atoms with Crippen molar-refractivity contribution in [1.82, 2.24) is 15.0 Å². The van der Waals surface area contributed by atoms with Gasteiger partial charge in [-0.3, -0.25) is 14.6 Å². The number of aromatic amines is 1. The highest BCUT2D eigenvalue weighted by molar-refractivity contribution is 6.11. The largest absolute Gasteiger partial charge is 0.416 e. The van der Waals surface area contributed by atoms with Crippen LogP contribution in [0.15, 0.2) is 71.9 Å². The molecule has 0 bridgehead atoms. The minimum atomic E-state index is -4.52. The number of nitrogens with one attached hydrogen (secondary N) is 2. The van der Waals surface area contributed by atoms with E-state index in [0.717, 1.165) is 12.1 Å². The van der Waals surface area contributed by atoms with Crippen molar-refractivity contribution in [2.24, 2.45) is 0 Å². The molecular weight excluding hydrogens is 397 g/mol. The second kappa shape index (κ2) is 7.43. The third-order valence-electron chi connectivity index (χ3n) is 4.42. The van der Waals surface area contributed by atoms with Crippen molar-refractivity contribution in [3.63, 3.8) is 0 Å². The number of anilines is 1. The third-order valence-corrected chi connectivity index (χ3v) is 4.42. The van der Waals surface area contributed by atoms with Crippen molar-refractivity contribution in [2.45, 2.75) is 6.18 Å². The lowest BCUT2D eigenvalue weighted by atomic mass is 10.0. The first-order valence-corrected chi connectivity index (χ1v) is 8.74. The maximum atomic E-state index is 13.1. The number of carbonyl (C=O) groups is 1. The number of halogens is 3. The van der Waals surface area contributed by atoms with Crippen molar-refractivity contribution >= 4 is 22.6 Å². The van der Waals surface area contributed by atoms with Crippen LogP contribution in [-0.4, -0.2) is 20.9 Å². The molecule has 4 aromatic rings. The molecule has 0 aliphatic rings. The minimum absolute atomic E-state index is 0.143. The number of fused-ring (bicyclic) bond motifs is 1. The molecule has 0 radical (unpaired) electrons. The number of hydrogen-bond acceptors (Lipinski definition) is 4. The molecule has 1 amide bonds. The van der Waals surface area contributed by atoms with Gasteiger partial charge < -0.3 is 10.3 Å². The fraction of sp³-hybridized carbons (Fsp3) is 0.0476. The number of nitrogens with zero attached hydrogens (tertiary/aromatic N) is 2. The molecule has 4 rings (SSSR count). The first kappa shape index (κ1) is 19.3. The number of alkyl halides is 3. The molecule has 0 spiro atoms. The number of hydrogen-bond donors (Lipinski definition) is 2. The maximum Gasteiger partial charge on any atom is 0.416 e. The van der Waals surface area contributed by atoms with E-state index >= 15 is 0 Å². The smallest absolute Gasteiger partial charge is 0.354 e. The van der Waals surface area contributed by atoms with E-state index in [1.165, 1.54) is 48.9 Å². The molecule has 150 valence electrons. The summed E-state index contributed by atoms with van der Waals surface area (Å²) in [5, 5.41) is 2.81. The van der Waals surface area contributed by atoms with Crippen LogP contribution in [0.3, 0.4) is 0 Å². The zero-order valence-corrected chi connectivity index (χ0v) is 15.2. The van der Waals surface area contributed by atoms with E-state index in [4.69, 9.17) is 0 Å². The maximum absolute atomic E-state index is 13.1. The Morgan fingerprint density at radius 3 is 2.57 bits per heavy atom. The molecule has 0 saturated carbocycles. The lowest BCUT2D eigenvalue weighted by Crippen LogP contribution is -2.15. The van der Waals surface area contributed by atoms with Gasteiger partial charge in [0.25, 0.3) is 5.91 Å². The molecule has 0 unspecified atom stereocenters. The quantitative estimate of drug-likeness (QED) is 0.528. The third kappa shape index (κ3) is 3.77. The van der Waals surface area contributed by atoms with Gasteiger partial charge >= 0.3 is 6.18 Å². The first-order valence-electron chi connectivity index (χ1n) is 8.74. The van der Waals surface area contributed by atoms with Crippen LogP contribution in [-0.2, 0) is 6.18 Å². The lowest BCUT2D eigenvalue weighted by molar-refractivity contribution is -0.137. The summed E-state index contributed by atoms with van der Waals surface area (Å²) in [6.07, 6.45) is -0.298. The van der Waals surface area contributed by atoms with E-state index in [0.29, 0.717) is 0 Å². The number of carbonyl (C=O) groups excluding carboxylic acids is 1. The highest BCUT2D eigenvalue weighted by Gasteiger charge is 2.30. The van der Waals surface area contributed by atoms with Gasteiger partial charge in [-0.2, -0.15) is 13.2 Å². The number of amides is 1.